The molecule has 0 atom stereocenters. The van der Waals surface area contributed by atoms with Gasteiger partial charge in [-0.1, -0.05) is 62.7 Å². The first-order chi connectivity index (χ1) is 29.1. The van der Waals surface area contributed by atoms with Gasteiger partial charge >= 0.3 is 6.09 Å². The molecule has 0 saturated carbocycles. The first kappa shape index (κ1) is 47.3. The Labute approximate surface area is 360 Å². The Hall–Kier alpha value is -4.74. The van der Waals surface area contributed by atoms with Crippen LogP contribution >= 0.6 is 0 Å². The van der Waals surface area contributed by atoms with E-state index in [-0.39, 0.29) is 36.7 Å². The van der Waals surface area contributed by atoms with E-state index in [1.165, 1.54) is 28.0 Å². The molecule has 1 amide bonds. The number of aromatic nitrogens is 3. The van der Waals surface area contributed by atoms with E-state index < -0.39 is 21.8 Å². The SMILES string of the molecule is Cc1ccc(S(=O)(=O)OCCOCCOCCOCCOCCOCCN(C(=O)OC(C)(C)C)c2ccc(-c3ccc(-c4[nH]c5cnccc5c4C(C)(C)C)cc3)cn2)cc1. The number of carbonyl (C=O) groups excluding carboxylic acids is 1. The lowest BCUT2D eigenvalue weighted by atomic mass is 9.83. The van der Waals surface area contributed by atoms with Gasteiger partial charge in [0.1, 0.15) is 11.4 Å². The van der Waals surface area contributed by atoms with E-state index in [1.54, 1.807) is 18.3 Å². The fourth-order valence-electron chi connectivity index (χ4n) is 6.31. The largest absolute Gasteiger partial charge is 0.443 e. The van der Waals surface area contributed by atoms with E-state index in [0.29, 0.717) is 58.7 Å². The second-order valence-electron chi connectivity index (χ2n) is 16.3. The van der Waals surface area contributed by atoms with Gasteiger partial charge in [-0.3, -0.25) is 14.1 Å². The maximum Gasteiger partial charge on any atom is 0.416 e. The first-order valence-corrected chi connectivity index (χ1v) is 21.9. The van der Waals surface area contributed by atoms with E-state index in [0.717, 1.165) is 33.5 Å². The number of aryl methyl sites for hydroxylation is 1. The monoisotopic (exact) mass is 860 g/mol. The highest BCUT2D eigenvalue weighted by Gasteiger charge is 2.26. The molecule has 3 aromatic heterocycles. The molecule has 0 spiro atoms. The molecule has 0 aliphatic carbocycles. The highest BCUT2D eigenvalue weighted by atomic mass is 32.2. The van der Waals surface area contributed by atoms with Crippen LogP contribution in [0.2, 0.25) is 0 Å². The topological polar surface area (TPSA) is 161 Å². The minimum atomic E-state index is -3.80. The third-order valence-electron chi connectivity index (χ3n) is 9.22. The molecule has 0 bridgehead atoms. The van der Waals surface area contributed by atoms with Crippen molar-refractivity contribution in [2.75, 3.05) is 84.1 Å². The van der Waals surface area contributed by atoms with Crippen molar-refractivity contribution in [1.29, 1.82) is 0 Å². The van der Waals surface area contributed by atoms with Gasteiger partial charge in [0.2, 0.25) is 0 Å². The van der Waals surface area contributed by atoms with Gasteiger partial charge in [-0.2, -0.15) is 8.42 Å². The maximum atomic E-state index is 13.3. The fraction of sp³-hybridized carbons (Fsp3) is 0.457. The minimum absolute atomic E-state index is 0.0706. The molecular weight excluding hydrogens is 801 g/mol. The zero-order valence-corrected chi connectivity index (χ0v) is 37.2. The van der Waals surface area contributed by atoms with Crippen LogP contribution in [0.1, 0.15) is 52.7 Å². The Morgan fingerprint density at radius 2 is 1.20 bits per heavy atom. The molecule has 0 aliphatic heterocycles. The average molecular weight is 861 g/mol. The number of rotatable bonds is 23. The summed E-state index contributed by atoms with van der Waals surface area (Å²) < 4.78 is 62.9. The number of carbonyl (C=O) groups is 1. The van der Waals surface area contributed by atoms with Crippen LogP contribution in [0.4, 0.5) is 10.6 Å². The Bertz CT molecular complexity index is 2210. The number of amides is 1. The summed E-state index contributed by atoms with van der Waals surface area (Å²) in [6.07, 6.45) is 4.95. The Balaban J connectivity index is 0.970. The quantitative estimate of drug-likeness (QED) is 0.0497. The van der Waals surface area contributed by atoms with Crippen molar-refractivity contribution in [2.24, 2.45) is 0 Å². The summed E-state index contributed by atoms with van der Waals surface area (Å²) in [5, 5.41) is 1.17. The summed E-state index contributed by atoms with van der Waals surface area (Å²) in [7, 11) is -3.80. The van der Waals surface area contributed by atoms with Gasteiger partial charge in [0.25, 0.3) is 10.1 Å². The van der Waals surface area contributed by atoms with E-state index in [9.17, 15) is 13.2 Å². The normalized spacial score (nSPS) is 12.2. The van der Waals surface area contributed by atoms with Crippen LogP contribution in [0.5, 0.6) is 0 Å². The van der Waals surface area contributed by atoms with Crippen molar-refractivity contribution >= 4 is 32.9 Å². The molecule has 61 heavy (non-hydrogen) atoms. The number of H-pyrrole nitrogens is 1. The number of hydrogen-bond donors (Lipinski definition) is 1. The highest BCUT2D eigenvalue weighted by molar-refractivity contribution is 7.86. The number of fused-ring (bicyclic) bond motifs is 1. The Morgan fingerprint density at radius 1 is 0.656 bits per heavy atom. The van der Waals surface area contributed by atoms with E-state index in [1.807, 2.05) is 52.2 Å². The van der Waals surface area contributed by atoms with Gasteiger partial charge in [0.05, 0.1) is 102 Å². The van der Waals surface area contributed by atoms with Gasteiger partial charge in [0.15, 0.2) is 0 Å². The molecule has 0 aliphatic rings. The van der Waals surface area contributed by atoms with Crippen molar-refractivity contribution in [2.45, 2.75) is 64.4 Å². The van der Waals surface area contributed by atoms with Crippen molar-refractivity contribution < 1.29 is 45.8 Å². The molecule has 0 saturated heterocycles. The van der Waals surface area contributed by atoms with Crippen molar-refractivity contribution in [3.8, 4) is 22.4 Å². The van der Waals surface area contributed by atoms with Gasteiger partial charge in [-0.15, -0.1) is 0 Å². The summed E-state index contributed by atoms with van der Waals surface area (Å²) in [4.78, 5) is 27.4. The molecule has 14 nitrogen and oxygen atoms in total. The van der Waals surface area contributed by atoms with Crippen molar-refractivity contribution in [3.63, 3.8) is 0 Å². The zero-order valence-electron chi connectivity index (χ0n) is 36.4. The molecule has 330 valence electrons. The standard InChI is InChI=1S/C46H60N4O10S/c1-34-8-15-38(16-9-34)61(52,53)59-31-30-58-29-28-57-27-26-56-25-24-55-23-22-54-21-20-50(44(51)60-46(5,6)7)41-17-14-37(32-48-41)35-10-12-36(13-11-35)43-42(45(2,3)4)39-18-19-47-33-40(39)49-43/h8-19,32-33,49H,20-31H2,1-7H3. The van der Waals surface area contributed by atoms with Crippen molar-refractivity contribution in [1.82, 2.24) is 15.0 Å². The molecular formula is C46H60N4O10S. The molecule has 0 radical (unpaired) electrons. The van der Waals surface area contributed by atoms with Crippen LogP contribution in [0, 0.1) is 6.92 Å². The molecule has 0 fully saturated rings. The highest BCUT2D eigenvalue weighted by Crippen LogP contribution is 2.39. The molecule has 0 unspecified atom stereocenters. The van der Waals surface area contributed by atoms with E-state index >= 15 is 0 Å². The van der Waals surface area contributed by atoms with Gasteiger partial charge in [-0.05, 0) is 80.1 Å². The summed E-state index contributed by atoms with van der Waals surface area (Å²) in [5.41, 5.74) is 6.57. The second-order valence-corrected chi connectivity index (χ2v) is 17.9. The Kier molecular flexibility index (Phi) is 17.4. The van der Waals surface area contributed by atoms with Gasteiger partial charge in [-0.25, -0.2) is 9.78 Å². The number of anilines is 1. The van der Waals surface area contributed by atoms with Gasteiger partial charge < -0.3 is 33.4 Å². The third kappa shape index (κ3) is 14.7. The second kappa shape index (κ2) is 22.4. The average Bonchev–Trinajstić information content (AvgIpc) is 3.62. The number of nitrogens with zero attached hydrogens (tertiary/aromatic N) is 3. The maximum absolute atomic E-state index is 13.3. The zero-order chi connectivity index (χ0) is 43.9. The number of ether oxygens (including phenoxy) is 6. The van der Waals surface area contributed by atoms with Crippen LogP contribution in [0.3, 0.4) is 0 Å². The predicted molar refractivity (Wildman–Crippen MR) is 235 cm³/mol. The predicted octanol–water partition coefficient (Wildman–Crippen LogP) is 8.13. The molecule has 5 aromatic rings. The molecule has 2 aromatic carbocycles. The van der Waals surface area contributed by atoms with Crippen molar-refractivity contribution in [3.05, 3.63) is 96.4 Å². The molecule has 5 rings (SSSR count). The fourth-order valence-corrected chi connectivity index (χ4v) is 7.21. The summed E-state index contributed by atoms with van der Waals surface area (Å²) >= 11 is 0. The van der Waals surface area contributed by atoms with E-state index in [2.05, 4.69) is 66.1 Å². The van der Waals surface area contributed by atoms with Gasteiger partial charge in [0, 0.05) is 23.3 Å². The molecule has 1 N–H and O–H groups in total. The molecule has 15 heteroatoms. The summed E-state index contributed by atoms with van der Waals surface area (Å²) in [5.74, 6) is 0.460. The lowest BCUT2D eigenvalue weighted by Gasteiger charge is -2.27. The summed E-state index contributed by atoms with van der Waals surface area (Å²) in [6.45, 7) is 17.5. The molecule has 3 heterocycles. The van der Waals surface area contributed by atoms with Crippen LogP contribution in [0.25, 0.3) is 33.3 Å². The van der Waals surface area contributed by atoms with Crippen LogP contribution in [-0.4, -0.2) is 114 Å². The Morgan fingerprint density at radius 3 is 1.74 bits per heavy atom. The summed E-state index contributed by atoms with van der Waals surface area (Å²) in [6, 6.07) is 20.7. The first-order valence-electron chi connectivity index (χ1n) is 20.5. The number of nitrogens with one attached hydrogen (secondary N) is 1. The number of aromatic amines is 1. The van der Waals surface area contributed by atoms with Crippen LogP contribution in [-0.2, 0) is 48.1 Å². The minimum Gasteiger partial charge on any atom is -0.443 e. The lowest BCUT2D eigenvalue weighted by molar-refractivity contribution is -0.0122. The van der Waals surface area contributed by atoms with Crippen LogP contribution in [0.15, 0.2) is 90.2 Å². The smallest absolute Gasteiger partial charge is 0.416 e. The third-order valence-corrected chi connectivity index (χ3v) is 10.5. The lowest BCUT2D eigenvalue weighted by Crippen LogP contribution is -2.39. The van der Waals surface area contributed by atoms with Crippen LogP contribution < -0.4 is 4.90 Å². The number of benzene rings is 2. The number of pyridine rings is 2. The number of hydrogen-bond acceptors (Lipinski definition) is 12. The van der Waals surface area contributed by atoms with E-state index in [4.69, 9.17) is 32.6 Å².